The van der Waals surface area contributed by atoms with Crippen molar-refractivity contribution in [1.29, 1.82) is 0 Å². The van der Waals surface area contributed by atoms with Gasteiger partial charge in [0.15, 0.2) is 12.6 Å². The Labute approximate surface area is 174 Å². The van der Waals surface area contributed by atoms with Crippen LogP contribution in [0.25, 0.3) is 0 Å². The molecule has 166 valence electrons. The van der Waals surface area contributed by atoms with E-state index < -0.39 is 12.8 Å². The minimum atomic E-state index is -4.39. The van der Waals surface area contributed by atoms with Crippen molar-refractivity contribution >= 4 is 5.96 Å². The lowest BCUT2D eigenvalue weighted by molar-refractivity contribution is -0.153. The van der Waals surface area contributed by atoms with Gasteiger partial charge in [-0.05, 0) is 52.2 Å². The molecule has 2 N–H and O–H groups in total. The molecule has 0 bridgehead atoms. The fourth-order valence-electron chi connectivity index (χ4n) is 2.92. The van der Waals surface area contributed by atoms with E-state index >= 15 is 0 Å². The molecule has 0 aliphatic heterocycles. The summed E-state index contributed by atoms with van der Waals surface area (Å²) < 4.78 is 47.7. The molecule has 0 fully saturated rings. The van der Waals surface area contributed by atoms with E-state index in [2.05, 4.69) is 20.8 Å². The lowest BCUT2D eigenvalue weighted by Crippen LogP contribution is -2.37. The zero-order chi connectivity index (χ0) is 22.1. The number of rotatable bonds is 9. The normalized spacial score (nSPS) is 12.2. The van der Waals surface area contributed by atoms with Gasteiger partial charge in [-0.3, -0.25) is 0 Å². The van der Waals surface area contributed by atoms with Gasteiger partial charge in [0, 0.05) is 24.2 Å². The van der Waals surface area contributed by atoms with E-state index in [4.69, 9.17) is 9.26 Å². The minimum Gasteiger partial charge on any atom is -0.484 e. The molecule has 1 heterocycles. The molecule has 2 aromatic rings. The van der Waals surface area contributed by atoms with Crippen LogP contribution in [0.3, 0.4) is 0 Å². The number of nitrogens with one attached hydrogen (secondary N) is 2. The zero-order valence-corrected chi connectivity index (χ0v) is 17.8. The maximum Gasteiger partial charge on any atom is 0.422 e. The Kier molecular flexibility index (Phi) is 8.56. The van der Waals surface area contributed by atoms with Gasteiger partial charge in [0.1, 0.15) is 11.5 Å². The summed E-state index contributed by atoms with van der Waals surface area (Å²) in [6, 6.07) is 5.17. The van der Waals surface area contributed by atoms with Crippen LogP contribution >= 0.6 is 0 Å². The van der Waals surface area contributed by atoms with Crippen molar-refractivity contribution in [2.24, 2.45) is 4.99 Å². The van der Waals surface area contributed by atoms with Gasteiger partial charge in [-0.2, -0.15) is 13.2 Å². The number of halogens is 3. The summed E-state index contributed by atoms with van der Waals surface area (Å²) in [5, 5.41) is 10.3. The average Bonchev–Trinajstić information content (AvgIpc) is 2.99. The van der Waals surface area contributed by atoms with Crippen LogP contribution in [0.5, 0.6) is 5.75 Å². The number of ether oxygens (including phenoxy) is 1. The summed E-state index contributed by atoms with van der Waals surface area (Å²) in [5.74, 6) is 1.63. The van der Waals surface area contributed by atoms with Gasteiger partial charge in [-0.1, -0.05) is 17.3 Å². The first-order valence-corrected chi connectivity index (χ1v) is 9.92. The van der Waals surface area contributed by atoms with Gasteiger partial charge < -0.3 is 19.9 Å². The first-order chi connectivity index (χ1) is 14.2. The minimum absolute atomic E-state index is 0.199. The quantitative estimate of drug-likeness (QED) is 0.357. The number of hydrogen-bond donors (Lipinski definition) is 2. The lowest BCUT2D eigenvalue weighted by atomic mass is 10.1. The number of guanidine groups is 1. The third kappa shape index (κ3) is 7.61. The summed E-state index contributed by atoms with van der Waals surface area (Å²) in [6.45, 7) is 7.80. The Morgan fingerprint density at radius 1 is 1.20 bits per heavy atom. The first-order valence-electron chi connectivity index (χ1n) is 9.92. The van der Waals surface area contributed by atoms with Crippen LogP contribution in [0.1, 0.15) is 41.5 Å². The third-order valence-corrected chi connectivity index (χ3v) is 4.44. The number of aromatic nitrogens is 1. The molecule has 9 heteroatoms. The molecule has 1 aromatic carbocycles. The topological polar surface area (TPSA) is 71.7 Å². The van der Waals surface area contributed by atoms with Gasteiger partial charge in [0.25, 0.3) is 0 Å². The van der Waals surface area contributed by atoms with Crippen LogP contribution in [0.4, 0.5) is 13.2 Å². The third-order valence-electron chi connectivity index (χ3n) is 4.44. The summed E-state index contributed by atoms with van der Waals surface area (Å²) in [5.41, 5.74) is 3.44. The highest BCUT2D eigenvalue weighted by Crippen LogP contribution is 2.24. The Balaban J connectivity index is 1.96. The Hall–Kier alpha value is -2.71. The molecule has 0 spiro atoms. The van der Waals surface area contributed by atoms with E-state index in [1.165, 1.54) is 0 Å². The zero-order valence-electron chi connectivity index (χ0n) is 17.8. The van der Waals surface area contributed by atoms with Crippen LogP contribution in [-0.4, -0.2) is 37.0 Å². The highest BCUT2D eigenvalue weighted by Gasteiger charge is 2.28. The molecular weight excluding hydrogens is 397 g/mol. The van der Waals surface area contributed by atoms with Gasteiger partial charge in [-0.25, -0.2) is 4.99 Å². The monoisotopic (exact) mass is 426 g/mol. The molecule has 0 aliphatic carbocycles. The van der Waals surface area contributed by atoms with Crippen LogP contribution in [0, 0.1) is 20.8 Å². The van der Waals surface area contributed by atoms with Crippen LogP contribution in [-0.2, 0) is 13.0 Å². The second-order valence-electron chi connectivity index (χ2n) is 7.04. The number of aryl methyl sites for hydroxylation is 3. The number of aliphatic imine (C=N–C) groups is 1. The molecule has 0 amide bonds. The standard InChI is InChI=1S/C21H29F3N4O2/c1-5-25-20(26-10-6-7-18-15(3)28-30-16(18)4)27-12-17-9-8-14(2)11-19(17)29-13-21(22,23)24/h8-9,11H,5-7,10,12-13H2,1-4H3,(H2,25,26,27). The van der Waals surface area contributed by atoms with Crippen molar-refractivity contribution in [2.75, 3.05) is 19.7 Å². The van der Waals surface area contributed by atoms with Crippen molar-refractivity contribution in [2.45, 2.75) is 53.3 Å². The van der Waals surface area contributed by atoms with E-state index in [-0.39, 0.29) is 12.3 Å². The SMILES string of the molecule is CCNC(=NCc1ccc(C)cc1OCC(F)(F)F)NCCCc1c(C)noc1C. The molecule has 0 saturated carbocycles. The Morgan fingerprint density at radius 2 is 1.97 bits per heavy atom. The molecule has 2 rings (SSSR count). The second-order valence-corrected chi connectivity index (χ2v) is 7.04. The van der Waals surface area contributed by atoms with Crippen LogP contribution in [0.2, 0.25) is 0 Å². The molecular formula is C21H29F3N4O2. The first kappa shape index (κ1) is 23.6. The van der Waals surface area contributed by atoms with E-state index in [9.17, 15) is 13.2 Å². The van der Waals surface area contributed by atoms with Gasteiger partial charge in [0.2, 0.25) is 0 Å². The van der Waals surface area contributed by atoms with Crippen LogP contribution < -0.4 is 15.4 Å². The molecule has 0 aliphatic rings. The van der Waals surface area contributed by atoms with Gasteiger partial charge in [-0.15, -0.1) is 0 Å². The predicted octanol–water partition coefficient (Wildman–Crippen LogP) is 4.23. The Bertz CT molecular complexity index is 828. The summed E-state index contributed by atoms with van der Waals surface area (Å²) in [4.78, 5) is 4.49. The molecule has 0 atom stereocenters. The van der Waals surface area contributed by atoms with E-state index in [1.54, 1.807) is 19.1 Å². The smallest absolute Gasteiger partial charge is 0.422 e. The lowest BCUT2D eigenvalue weighted by Gasteiger charge is -2.14. The van der Waals surface area contributed by atoms with E-state index in [0.717, 1.165) is 35.4 Å². The summed E-state index contributed by atoms with van der Waals surface area (Å²) >= 11 is 0. The fraction of sp³-hybridized carbons (Fsp3) is 0.524. The van der Waals surface area contributed by atoms with Crippen molar-refractivity contribution in [1.82, 2.24) is 15.8 Å². The summed E-state index contributed by atoms with van der Waals surface area (Å²) in [6.07, 6.45) is -2.69. The maximum absolute atomic E-state index is 12.5. The number of alkyl halides is 3. The highest BCUT2D eigenvalue weighted by atomic mass is 19.4. The molecule has 0 unspecified atom stereocenters. The van der Waals surface area contributed by atoms with E-state index in [1.807, 2.05) is 26.8 Å². The largest absolute Gasteiger partial charge is 0.484 e. The van der Waals surface area contributed by atoms with Gasteiger partial charge >= 0.3 is 6.18 Å². The van der Waals surface area contributed by atoms with E-state index in [0.29, 0.717) is 24.6 Å². The van der Waals surface area contributed by atoms with Gasteiger partial charge in [0.05, 0.1) is 12.2 Å². The average molecular weight is 426 g/mol. The van der Waals surface area contributed by atoms with Crippen molar-refractivity contribution in [3.8, 4) is 5.75 Å². The molecule has 30 heavy (non-hydrogen) atoms. The summed E-state index contributed by atoms with van der Waals surface area (Å²) in [7, 11) is 0. The van der Waals surface area contributed by atoms with Crippen molar-refractivity contribution < 1.29 is 22.4 Å². The molecule has 1 aromatic heterocycles. The number of benzene rings is 1. The Morgan fingerprint density at radius 3 is 2.60 bits per heavy atom. The molecule has 6 nitrogen and oxygen atoms in total. The molecule has 0 radical (unpaired) electrons. The molecule has 0 saturated heterocycles. The second kappa shape index (κ2) is 10.9. The predicted molar refractivity (Wildman–Crippen MR) is 110 cm³/mol. The van der Waals surface area contributed by atoms with Crippen LogP contribution in [0.15, 0.2) is 27.7 Å². The maximum atomic E-state index is 12.5. The number of hydrogen-bond acceptors (Lipinski definition) is 4. The van der Waals surface area contributed by atoms with Crippen molar-refractivity contribution in [3.63, 3.8) is 0 Å². The fourth-order valence-corrected chi connectivity index (χ4v) is 2.92. The number of nitrogens with zero attached hydrogens (tertiary/aromatic N) is 2. The highest BCUT2D eigenvalue weighted by molar-refractivity contribution is 5.79. The van der Waals surface area contributed by atoms with Crippen molar-refractivity contribution in [3.05, 3.63) is 46.3 Å².